The van der Waals surface area contributed by atoms with E-state index in [-0.39, 0.29) is 41.7 Å². The second kappa shape index (κ2) is 9.64. The fourth-order valence-corrected chi connectivity index (χ4v) is 7.35. The molecule has 8 nitrogen and oxygen atoms in total. The third kappa shape index (κ3) is 3.87. The lowest BCUT2D eigenvalue weighted by Crippen LogP contribution is -2.59. The largest absolute Gasteiger partial charge is 0.457 e. The smallest absolute Gasteiger partial charge is 0.335 e. The predicted molar refractivity (Wildman–Crippen MR) is 128 cm³/mol. The van der Waals surface area contributed by atoms with Crippen LogP contribution in [0.15, 0.2) is 23.8 Å². The van der Waals surface area contributed by atoms with Crippen LogP contribution in [0.5, 0.6) is 0 Å². The van der Waals surface area contributed by atoms with Crippen LogP contribution >= 0.6 is 0 Å². The van der Waals surface area contributed by atoms with E-state index in [0.29, 0.717) is 13.0 Å². The number of likely N-dealkylation sites (N-methyl/N-ethyl adjacent to an activating group) is 1. The van der Waals surface area contributed by atoms with Crippen LogP contribution in [0.3, 0.4) is 0 Å². The number of methoxy groups -OCH3 is 1. The van der Waals surface area contributed by atoms with Gasteiger partial charge in [0.05, 0.1) is 18.3 Å². The van der Waals surface area contributed by atoms with Crippen molar-refractivity contribution in [3.8, 4) is 0 Å². The molecule has 1 saturated heterocycles. The van der Waals surface area contributed by atoms with Gasteiger partial charge in [0.25, 0.3) is 0 Å². The number of carbonyl (C=O) groups is 1. The zero-order chi connectivity index (χ0) is 24.9. The molecule has 0 aromatic rings. The van der Waals surface area contributed by atoms with E-state index in [1.165, 1.54) is 7.11 Å². The maximum absolute atomic E-state index is 13.0. The van der Waals surface area contributed by atoms with Crippen molar-refractivity contribution in [3.63, 3.8) is 0 Å². The molecule has 0 radical (unpaired) electrons. The summed E-state index contributed by atoms with van der Waals surface area (Å²) in [5, 5.41) is 22.1. The molecule has 192 valence electrons. The number of rotatable bonds is 5. The van der Waals surface area contributed by atoms with Gasteiger partial charge in [-0.25, -0.2) is 4.79 Å². The van der Waals surface area contributed by atoms with Crippen LogP contribution in [0.25, 0.3) is 0 Å². The average molecular weight is 479 g/mol. The number of nitrogens with two attached hydrogens (primary N) is 1. The van der Waals surface area contributed by atoms with Crippen LogP contribution in [0.1, 0.15) is 34.1 Å². The summed E-state index contributed by atoms with van der Waals surface area (Å²) >= 11 is 0. The maximum atomic E-state index is 13.0. The quantitative estimate of drug-likeness (QED) is 0.398. The van der Waals surface area contributed by atoms with Crippen molar-refractivity contribution in [1.29, 1.82) is 0 Å². The molecule has 34 heavy (non-hydrogen) atoms. The molecule has 2 aliphatic carbocycles. The van der Waals surface area contributed by atoms with E-state index in [1.807, 2.05) is 14.0 Å². The molecule has 4 rings (SSSR count). The van der Waals surface area contributed by atoms with Crippen LogP contribution in [-0.4, -0.2) is 90.5 Å². The number of nitrogens with zero attached hydrogens (tertiary/aromatic N) is 1. The van der Waals surface area contributed by atoms with Gasteiger partial charge in [-0.05, 0) is 32.9 Å². The van der Waals surface area contributed by atoms with Gasteiger partial charge >= 0.3 is 5.97 Å². The Labute approximate surface area is 203 Å². The van der Waals surface area contributed by atoms with Crippen molar-refractivity contribution in [2.75, 3.05) is 27.2 Å². The van der Waals surface area contributed by atoms with Crippen LogP contribution in [0, 0.1) is 29.6 Å². The lowest BCUT2D eigenvalue weighted by molar-refractivity contribution is -0.172. The Balaban J connectivity index is 1.84. The molecular weight excluding hydrogens is 436 g/mol. The van der Waals surface area contributed by atoms with E-state index in [2.05, 4.69) is 37.0 Å². The van der Waals surface area contributed by atoms with Gasteiger partial charge < -0.3 is 30.2 Å². The minimum Gasteiger partial charge on any atom is -0.457 e. The van der Waals surface area contributed by atoms with Gasteiger partial charge in [0.15, 0.2) is 6.10 Å². The normalized spacial score (nSPS) is 48.6. The van der Waals surface area contributed by atoms with E-state index in [1.54, 1.807) is 6.92 Å². The number of carbonyl (C=O) groups excluding carboxylic acids is 1. The zero-order valence-corrected chi connectivity index (χ0v) is 21.3. The fourth-order valence-electron chi connectivity index (χ4n) is 7.35. The number of aliphatic hydroxyl groups is 2. The summed E-state index contributed by atoms with van der Waals surface area (Å²) in [5.74, 6) is -0.949. The first-order valence-corrected chi connectivity index (χ1v) is 12.6. The topological polar surface area (TPSA) is 114 Å². The third-order valence-corrected chi connectivity index (χ3v) is 8.90. The number of aliphatic hydroxyl groups excluding tert-OH is 2. The molecule has 1 spiro atoms. The monoisotopic (exact) mass is 478 g/mol. The minimum absolute atomic E-state index is 0.00311. The average Bonchev–Trinajstić information content (AvgIpc) is 2.96. The molecule has 4 N–H and O–H groups in total. The SMILES string of the molecule is CO[C@H]1C[C@H]2C=C[C@H]3[C@H]4O[C@]2(/C(C)=C/[C@@H](C)[C@@H]([C@@H](C)O)OC1=O)[C@@H]3[C@H](O)C(C)[C@@H]4N(C)CCN. The molecule has 4 aliphatic rings. The molecule has 4 bridgehead atoms. The van der Waals surface area contributed by atoms with Crippen LogP contribution in [0.4, 0.5) is 0 Å². The molecule has 2 heterocycles. The highest BCUT2D eigenvalue weighted by atomic mass is 16.6. The predicted octanol–water partition coefficient (Wildman–Crippen LogP) is 1.11. The summed E-state index contributed by atoms with van der Waals surface area (Å²) < 4.78 is 18.4. The molecule has 1 saturated carbocycles. The third-order valence-electron chi connectivity index (χ3n) is 8.90. The van der Waals surface area contributed by atoms with Gasteiger partial charge in [-0.15, -0.1) is 0 Å². The van der Waals surface area contributed by atoms with Crippen LogP contribution < -0.4 is 5.73 Å². The Morgan fingerprint density at radius 2 is 2.06 bits per heavy atom. The van der Waals surface area contributed by atoms with Gasteiger partial charge in [0, 0.05) is 55.8 Å². The van der Waals surface area contributed by atoms with Gasteiger partial charge in [-0.1, -0.05) is 32.1 Å². The Morgan fingerprint density at radius 3 is 2.68 bits per heavy atom. The summed E-state index contributed by atoms with van der Waals surface area (Å²) in [4.78, 5) is 15.2. The van der Waals surface area contributed by atoms with Gasteiger partial charge in [0.1, 0.15) is 11.7 Å². The van der Waals surface area contributed by atoms with Gasteiger partial charge in [0.2, 0.25) is 0 Å². The first kappa shape index (κ1) is 25.8. The van der Waals surface area contributed by atoms with Crippen molar-refractivity contribution >= 4 is 5.97 Å². The lowest BCUT2D eigenvalue weighted by Gasteiger charge is -2.50. The number of ether oxygens (including phenoxy) is 3. The second-order valence-electron chi connectivity index (χ2n) is 10.9. The molecular formula is C26H42N2O6. The zero-order valence-electron chi connectivity index (χ0n) is 21.3. The lowest BCUT2D eigenvalue weighted by atomic mass is 9.57. The molecule has 0 aromatic carbocycles. The van der Waals surface area contributed by atoms with E-state index < -0.39 is 36.0 Å². The fraction of sp³-hybridized carbons (Fsp3) is 0.808. The van der Waals surface area contributed by atoms with Crippen LogP contribution in [0.2, 0.25) is 0 Å². The molecule has 0 amide bonds. The highest BCUT2D eigenvalue weighted by Crippen LogP contribution is 2.61. The van der Waals surface area contributed by atoms with Crippen molar-refractivity contribution in [2.45, 2.75) is 76.3 Å². The summed E-state index contributed by atoms with van der Waals surface area (Å²) in [6, 6.07) is 0.0246. The van der Waals surface area contributed by atoms with E-state index in [0.717, 1.165) is 12.1 Å². The molecule has 2 aliphatic heterocycles. The van der Waals surface area contributed by atoms with Crippen LogP contribution in [-0.2, 0) is 19.0 Å². The summed E-state index contributed by atoms with van der Waals surface area (Å²) in [6.45, 7) is 8.99. The Kier molecular flexibility index (Phi) is 7.31. The van der Waals surface area contributed by atoms with Crippen molar-refractivity contribution in [1.82, 2.24) is 4.90 Å². The molecule has 12 atom stereocenters. The Bertz CT molecular complexity index is 830. The number of cyclic esters (lactones) is 1. The standard InChI is InChI=1S/C26H42N2O6/c1-13-11-14(2)26-17(12-19(32-6)25(31)33-23(13)16(4)29)7-8-18-20(26)22(30)15(3)21(24(18)34-26)28(5)10-9-27/h7-8,11,13,15-24,29-30H,9-10,12,27H2,1-6H3/b14-11+/t13-,15?,16-,17-,18-,19+,20+,21+,22-,23+,24-,26+/m1/s1. The van der Waals surface area contributed by atoms with Crippen molar-refractivity contribution in [2.24, 2.45) is 35.3 Å². The molecule has 1 unspecified atom stereocenters. The van der Waals surface area contributed by atoms with E-state index >= 15 is 0 Å². The first-order valence-electron chi connectivity index (χ1n) is 12.6. The molecule has 2 fully saturated rings. The summed E-state index contributed by atoms with van der Waals surface area (Å²) in [6.07, 6.45) is 3.77. The number of hydrogen-bond acceptors (Lipinski definition) is 8. The maximum Gasteiger partial charge on any atom is 0.335 e. The first-order chi connectivity index (χ1) is 16.1. The van der Waals surface area contributed by atoms with E-state index in [9.17, 15) is 15.0 Å². The number of hydrogen-bond donors (Lipinski definition) is 3. The molecule has 0 aromatic heterocycles. The highest BCUT2D eigenvalue weighted by molar-refractivity contribution is 5.75. The Morgan fingerprint density at radius 1 is 1.35 bits per heavy atom. The van der Waals surface area contributed by atoms with Gasteiger partial charge in [-0.2, -0.15) is 0 Å². The van der Waals surface area contributed by atoms with Crippen molar-refractivity contribution in [3.05, 3.63) is 23.8 Å². The number of esters is 1. The van der Waals surface area contributed by atoms with Crippen molar-refractivity contribution < 1.29 is 29.2 Å². The minimum atomic E-state index is -0.837. The molecule has 8 heteroatoms. The second-order valence-corrected chi connectivity index (χ2v) is 10.9. The summed E-state index contributed by atoms with van der Waals surface area (Å²) in [7, 11) is 3.56. The van der Waals surface area contributed by atoms with Gasteiger partial charge in [-0.3, -0.25) is 4.90 Å². The summed E-state index contributed by atoms with van der Waals surface area (Å²) in [5.41, 5.74) is 6.12. The Hall–Kier alpha value is -1.29. The highest BCUT2D eigenvalue weighted by Gasteiger charge is 2.68. The van der Waals surface area contributed by atoms with E-state index in [4.69, 9.17) is 19.9 Å².